The predicted octanol–water partition coefficient (Wildman–Crippen LogP) is 5.76. The Labute approximate surface area is 126 Å². The maximum atomic E-state index is 2.38. The highest BCUT2D eigenvalue weighted by Gasteiger charge is 2.35. The Morgan fingerprint density at radius 1 is 0.667 bits per heavy atom. The summed E-state index contributed by atoms with van der Waals surface area (Å²) in [5.41, 5.74) is 8.62. The van der Waals surface area contributed by atoms with Crippen molar-refractivity contribution in [1.29, 1.82) is 0 Å². The van der Waals surface area contributed by atoms with Gasteiger partial charge in [-0.2, -0.15) is 0 Å². The minimum absolute atomic E-state index is 0.0904. The van der Waals surface area contributed by atoms with E-state index in [2.05, 4.69) is 76.2 Å². The van der Waals surface area contributed by atoms with Crippen molar-refractivity contribution in [2.24, 2.45) is 0 Å². The molecule has 0 nitrogen and oxygen atoms in total. The van der Waals surface area contributed by atoms with Crippen molar-refractivity contribution in [3.8, 4) is 11.1 Å². The van der Waals surface area contributed by atoms with Gasteiger partial charge in [-0.25, -0.2) is 0 Å². The lowest BCUT2D eigenvalue weighted by atomic mass is 9.81. The maximum Gasteiger partial charge on any atom is 0.0159 e. The van der Waals surface area contributed by atoms with Crippen LogP contribution in [0.5, 0.6) is 0 Å². The number of hydrogen-bond acceptors (Lipinski definition) is 0. The molecule has 0 amide bonds. The molecule has 4 rings (SSSR count). The Kier molecular flexibility index (Phi) is 2.39. The average Bonchev–Trinajstić information content (AvgIpc) is 2.66. The number of hydrogen-bond donors (Lipinski definition) is 0. The van der Waals surface area contributed by atoms with E-state index >= 15 is 0 Å². The van der Waals surface area contributed by atoms with Crippen molar-refractivity contribution in [3.05, 3.63) is 70.8 Å². The zero-order valence-electron chi connectivity index (χ0n) is 13.1. The summed E-state index contributed by atoms with van der Waals surface area (Å²) < 4.78 is 0. The van der Waals surface area contributed by atoms with E-state index in [-0.39, 0.29) is 5.41 Å². The van der Waals surface area contributed by atoms with Crippen LogP contribution < -0.4 is 0 Å². The van der Waals surface area contributed by atoms with Crippen LogP contribution in [0.3, 0.4) is 0 Å². The molecule has 0 atom stereocenters. The van der Waals surface area contributed by atoms with Crippen LogP contribution in [0.2, 0.25) is 0 Å². The van der Waals surface area contributed by atoms with Crippen LogP contribution in [0.15, 0.2) is 48.5 Å². The molecule has 0 radical (unpaired) electrons. The number of rotatable bonds is 0. The van der Waals surface area contributed by atoms with Gasteiger partial charge >= 0.3 is 0 Å². The van der Waals surface area contributed by atoms with Crippen molar-refractivity contribution in [2.75, 3.05) is 0 Å². The largest absolute Gasteiger partial charge is 0.0616 e. The molecule has 104 valence electrons. The molecule has 0 heterocycles. The molecule has 3 aromatic carbocycles. The second-order valence-corrected chi connectivity index (χ2v) is 6.85. The highest BCUT2D eigenvalue weighted by molar-refractivity contribution is 5.93. The van der Waals surface area contributed by atoms with E-state index in [1.165, 1.54) is 44.2 Å². The quantitative estimate of drug-likeness (QED) is 0.488. The summed E-state index contributed by atoms with van der Waals surface area (Å²) in [6, 6.07) is 18.2. The Morgan fingerprint density at radius 3 is 1.90 bits per heavy atom. The summed E-state index contributed by atoms with van der Waals surface area (Å²) in [4.78, 5) is 0. The lowest BCUT2D eigenvalue weighted by molar-refractivity contribution is 0.660. The minimum atomic E-state index is 0.0904. The first kappa shape index (κ1) is 12.6. The van der Waals surface area contributed by atoms with Crippen LogP contribution in [0, 0.1) is 13.8 Å². The third kappa shape index (κ3) is 1.62. The van der Waals surface area contributed by atoms with E-state index < -0.39 is 0 Å². The van der Waals surface area contributed by atoms with Crippen LogP contribution in [-0.4, -0.2) is 0 Å². The van der Waals surface area contributed by atoms with E-state index in [1.54, 1.807) is 0 Å². The van der Waals surface area contributed by atoms with Crippen LogP contribution in [-0.2, 0) is 5.41 Å². The fraction of sp³-hybridized carbons (Fsp3) is 0.238. The zero-order valence-corrected chi connectivity index (χ0v) is 13.1. The molecule has 0 aliphatic heterocycles. The molecular formula is C21H20. The Hall–Kier alpha value is -2.08. The standard InChI is InChI=1S/C21H20/c1-13-9-17-18-11-15-7-5-6-8-16(15)12-20(18)21(3,4)19(17)10-14(13)2/h5-12H,1-4H3. The molecule has 0 N–H and O–H groups in total. The lowest BCUT2D eigenvalue weighted by Crippen LogP contribution is -2.15. The second kappa shape index (κ2) is 3.98. The van der Waals surface area contributed by atoms with Crippen molar-refractivity contribution in [1.82, 2.24) is 0 Å². The van der Waals surface area contributed by atoms with Gasteiger partial charge in [-0.3, -0.25) is 0 Å². The van der Waals surface area contributed by atoms with E-state index in [0.29, 0.717) is 0 Å². The van der Waals surface area contributed by atoms with Gasteiger partial charge in [-0.05, 0) is 70.1 Å². The molecule has 0 fully saturated rings. The first-order valence-corrected chi connectivity index (χ1v) is 7.64. The Morgan fingerprint density at radius 2 is 1.19 bits per heavy atom. The number of benzene rings is 3. The molecule has 21 heavy (non-hydrogen) atoms. The van der Waals surface area contributed by atoms with Gasteiger partial charge in [0.25, 0.3) is 0 Å². The molecule has 0 bridgehead atoms. The van der Waals surface area contributed by atoms with Crippen molar-refractivity contribution < 1.29 is 0 Å². The molecule has 0 saturated heterocycles. The van der Waals surface area contributed by atoms with E-state index in [1.807, 2.05) is 0 Å². The minimum Gasteiger partial charge on any atom is -0.0616 e. The molecule has 0 saturated carbocycles. The third-order valence-corrected chi connectivity index (χ3v) is 5.16. The van der Waals surface area contributed by atoms with Gasteiger partial charge in [0.15, 0.2) is 0 Å². The second-order valence-electron chi connectivity index (χ2n) is 6.85. The maximum absolute atomic E-state index is 2.38. The molecule has 0 aromatic heterocycles. The highest BCUT2D eigenvalue weighted by atomic mass is 14.4. The van der Waals surface area contributed by atoms with E-state index in [0.717, 1.165) is 0 Å². The van der Waals surface area contributed by atoms with Crippen LogP contribution in [0.1, 0.15) is 36.1 Å². The van der Waals surface area contributed by atoms with Gasteiger partial charge in [0.2, 0.25) is 0 Å². The fourth-order valence-corrected chi connectivity index (χ4v) is 3.68. The van der Waals surface area contributed by atoms with E-state index in [9.17, 15) is 0 Å². The van der Waals surface area contributed by atoms with Crippen LogP contribution in [0.25, 0.3) is 21.9 Å². The molecule has 1 aliphatic rings. The normalized spacial score (nSPS) is 15.0. The van der Waals surface area contributed by atoms with Gasteiger partial charge in [0.05, 0.1) is 0 Å². The summed E-state index contributed by atoms with van der Waals surface area (Å²) in [5, 5.41) is 2.67. The summed E-state index contributed by atoms with van der Waals surface area (Å²) >= 11 is 0. The lowest BCUT2D eigenvalue weighted by Gasteiger charge is -2.22. The van der Waals surface area contributed by atoms with Gasteiger partial charge in [0, 0.05) is 5.41 Å². The SMILES string of the molecule is Cc1cc2c(cc1C)C(C)(C)c1cc3ccccc3cc1-2. The van der Waals surface area contributed by atoms with E-state index in [4.69, 9.17) is 0 Å². The smallest absolute Gasteiger partial charge is 0.0159 e. The molecular weight excluding hydrogens is 252 g/mol. The Bertz CT molecular complexity index is 882. The summed E-state index contributed by atoms with van der Waals surface area (Å²) in [6.45, 7) is 9.12. The summed E-state index contributed by atoms with van der Waals surface area (Å²) in [5.74, 6) is 0. The van der Waals surface area contributed by atoms with Crippen LogP contribution >= 0.6 is 0 Å². The molecule has 0 unspecified atom stereocenters. The third-order valence-electron chi connectivity index (χ3n) is 5.16. The van der Waals surface area contributed by atoms with Gasteiger partial charge in [-0.15, -0.1) is 0 Å². The van der Waals surface area contributed by atoms with Crippen molar-refractivity contribution in [2.45, 2.75) is 33.1 Å². The van der Waals surface area contributed by atoms with Crippen LogP contribution in [0.4, 0.5) is 0 Å². The average molecular weight is 272 g/mol. The first-order chi connectivity index (χ1) is 9.98. The number of fused-ring (bicyclic) bond motifs is 4. The molecule has 1 aliphatic carbocycles. The molecule has 0 heteroatoms. The predicted molar refractivity (Wildman–Crippen MR) is 91.0 cm³/mol. The number of aryl methyl sites for hydroxylation is 2. The molecule has 3 aromatic rings. The first-order valence-electron chi connectivity index (χ1n) is 7.64. The van der Waals surface area contributed by atoms with Crippen molar-refractivity contribution in [3.63, 3.8) is 0 Å². The summed E-state index contributed by atoms with van der Waals surface area (Å²) in [6.07, 6.45) is 0. The summed E-state index contributed by atoms with van der Waals surface area (Å²) in [7, 11) is 0. The monoisotopic (exact) mass is 272 g/mol. The Balaban J connectivity index is 2.13. The van der Waals surface area contributed by atoms with Gasteiger partial charge < -0.3 is 0 Å². The van der Waals surface area contributed by atoms with Crippen molar-refractivity contribution >= 4 is 10.8 Å². The fourth-order valence-electron chi connectivity index (χ4n) is 3.68. The van der Waals surface area contributed by atoms with Gasteiger partial charge in [-0.1, -0.05) is 50.2 Å². The topological polar surface area (TPSA) is 0 Å². The highest BCUT2D eigenvalue weighted by Crippen LogP contribution is 2.50. The van der Waals surface area contributed by atoms with Gasteiger partial charge in [0.1, 0.15) is 0 Å². The molecule has 0 spiro atoms. The zero-order chi connectivity index (χ0) is 14.8.